The second-order valence-electron chi connectivity index (χ2n) is 13.1. The zero-order valence-electron chi connectivity index (χ0n) is 20.5. The maximum absolute atomic E-state index is 7.04. The van der Waals surface area contributed by atoms with Crippen LogP contribution >= 0.6 is 0 Å². The van der Waals surface area contributed by atoms with Crippen molar-refractivity contribution in [3.05, 3.63) is 23.3 Å². The van der Waals surface area contributed by atoms with Gasteiger partial charge in [-0.1, -0.05) is 44.1 Å². The van der Waals surface area contributed by atoms with Crippen LogP contribution in [-0.2, 0) is 4.74 Å². The third-order valence-corrected chi connectivity index (χ3v) is 11.6. The molecule has 0 aromatic rings. The summed E-state index contributed by atoms with van der Waals surface area (Å²) in [5.74, 6) is 4.99. The summed E-state index contributed by atoms with van der Waals surface area (Å²) in [6, 6.07) is 0.573. The van der Waals surface area contributed by atoms with Crippen LogP contribution in [0.15, 0.2) is 23.3 Å². The van der Waals surface area contributed by atoms with Crippen LogP contribution in [0.3, 0.4) is 0 Å². The Morgan fingerprint density at radius 2 is 1.94 bits per heavy atom. The molecule has 31 heavy (non-hydrogen) atoms. The second-order valence-corrected chi connectivity index (χ2v) is 13.1. The lowest BCUT2D eigenvalue weighted by molar-refractivity contribution is -0.0737. The lowest BCUT2D eigenvalue weighted by Gasteiger charge is -2.53. The Morgan fingerprint density at radius 3 is 2.77 bits per heavy atom. The van der Waals surface area contributed by atoms with Gasteiger partial charge >= 0.3 is 0 Å². The number of hydrogen-bond donors (Lipinski definition) is 1. The van der Waals surface area contributed by atoms with Gasteiger partial charge in [-0.2, -0.15) is 0 Å². The Balaban J connectivity index is 1.28. The van der Waals surface area contributed by atoms with Gasteiger partial charge in [-0.05, 0) is 113 Å². The fourth-order valence-electron chi connectivity index (χ4n) is 9.72. The molecule has 2 heterocycles. The van der Waals surface area contributed by atoms with E-state index in [1.54, 1.807) is 5.57 Å². The van der Waals surface area contributed by atoms with Gasteiger partial charge in [0.25, 0.3) is 0 Å². The van der Waals surface area contributed by atoms with Gasteiger partial charge in [-0.25, -0.2) is 0 Å². The molecule has 0 aromatic heterocycles. The van der Waals surface area contributed by atoms with Crippen molar-refractivity contribution in [1.29, 1.82) is 0 Å². The van der Waals surface area contributed by atoms with Crippen molar-refractivity contribution in [2.45, 2.75) is 110 Å². The predicted molar refractivity (Wildman–Crippen MR) is 128 cm³/mol. The molecule has 10 atom stereocenters. The molecule has 2 nitrogen and oxygen atoms in total. The standard InChI is InChI=1S/C29H45NO/c1-17-8-10-28(5)21(12-17)6-7-23-22-9-11-29(15-19(3)24(22)14-25(23)28)20(4)27-26(31-29)13-18(2)16-30-27/h18,20-23,25-27,30H,1,6-16H2,2-5H3/t18-,20+,21+,22-,23-,25-,26+,27-,28-,29?/m0/s1. The summed E-state index contributed by atoms with van der Waals surface area (Å²) in [7, 11) is 0. The van der Waals surface area contributed by atoms with Crippen molar-refractivity contribution >= 4 is 0 Å². The molecule has 6 rings (SSSR count). The number of hydrogen-bond acceptors (Lipinski definition) is 2. The Kier molecular flexibility index (Phi) is 4.87. The van der Waals surface area contributed by atoms with E-state index >= 15 is 0 Å². The fraction of sp³-hybridized carbons (Fsp3) is 0.862. The normalized spacial score (nSPS) is 54.3. The van der Waals surface area contributed by atoms with Gasteiger partial charge in [0.05, 0.1) is 11.7 Å². The van der Waals surface area contributed by atoms with Crippen LogP contribution in [0.4, 0.5) is 0 Å². The number of rotatable bonds is 0. The second kappa shape index (κ2) is 7.20. The van der Waals surface area contributed by atoms with Crippen LogP contribution in [0.25, 0.3) is 0 Å². The molecule has 1 spiro atoms. The highest BCUT2D eigenvalue weighted by atomic mass is 16.5. The van der Waals surface area contributed by atoms with E-state index in [-0.39, 0.29) is 5.60 Å². The van der Waals surface area contributed by atoms with Crippen LogP contribution in [0.2, 0.25) is 0 Å². The molecular weight excluding hydrogens is 378 g/mol. The van der Waals surface area contributed by atoms with Crippen LogP contribution < -0.4 is 5.32 Å². The first-order chi connectivity index (χ1) is 14.8. The molecular formula is C29H45NO. The lowest BCUT2D eigenvalue weighted by Crippen LogP contribution is -2.48. The van der Waals surface area contributed by atoms with Crippen molar-refractivity contribution in [1.82, 2.24) is 5.32 Å². The fourth-order valence-corrected chi connectivity index (χ4v) is 9.72. The van der Waals surface area contributed by atoms with Gasteiger partial charge in [0, 0.05) is 12.0 Å². The highest BCUT2D eigenvalue weighted by molar-refractivity contribution is 5.29. The van der Waals surface area contributed by atoms with Gasteiger partial charge in [-0.15, -0.1) is 0 Å². The topological polar surface area (TPSA) is 21.3 Å². The summed E-state index contributed by atoms with van der Waals surface area (Å²) in [6.07, 6.45) is 13.8. The monoisotopic (exact) mass is 423 g/mol. The molecule has 5 fully saturated rings. The van der Waals surface area contributed by atoms with Gasteiger partial charge < -0.3 is 10.1 Å². The van der Waals surface area contributed by atoms with E-state index in [1.807, 2.05) is 5.57 Å². The van der Waals surface area contributed by atoms with Crippen molar-refractivity contribution in [3.8, 4) is 0 Å². The Hall–Kier alpha value is -0.600. The first kappa shape index (κ1) is 21.0. The molecule has 0 radical (unpaired) electrons. The van der Waals surface area contributed by atoms with E-state index in [9.17, 15) is 0 Å². The van der Waals surface area contributed by atoms with E-state index in [4.69, 9.17) is 4.74 Å². The van der Waals surface area contributed by atoms with Crippen molar-refractivity contribution in [3.63, 3.8) is 0 Å². The van der Waals surface area contributed by atoms with Crippen LogP contribution in [0.5, 0.6) is 0 Å². The summed E-state index contributed by atoms with van der Waals surface area (Å²) < 4.78 is 7.04. The zero-order valence-corrected chi connectivity index (χ0v) is 20.5. The molecule has 4 aliphatic carbocycles. The molecule has 3 saturated carbocycles. The van der Waals surface area contributed by atoms with Crippen LogP contribution in [-0.4, -0.2) is 24.3 Å². The summed E-state index contributed by atoms with van der Waals surface area (Å²) in [4.78, 5) is 0. The summed E-state index contributed by atoms with van der Waals surface area (Å²) in [5.41, 5.74) is 5.78. The predicted octanol–water partition coefficient (Wildman–Crippen LogP) is 6.67. The summed E-state index contributed by atoms with van der Waals surface area (Å²) >= 11 is 0. The van der Waals surface area contributed by atoms with Gasteiger partial charge in [0.15, 0.2) is 0 Å². The minimum absolute atomic E-state index is 0.0903. The Morgan fingerprint density at radius 1 is 1.10 bits per heavy atom. The van der Waals surface area contributed by atoms with E-state index in [1.165, 1.54) is 76.3 Å². The third kappa shape index (κ3) is 3.03. The lowest BCUT2D eigenvalue weighted by atomic mass is 9.52. The zero-order chi connectivity index (χ0) is 21.5. The average molecular weight is 424 g/mol. The minimum Gasteiger partial charge on any atom is -0.369 e. The highest BCUT2D eigenvalue weighted by Crippen LogP contribution is 2.65. The SMILES string of the molecule is C=C1CC[C@@]2(C)[C@H](CC[C@H]3[C@@H]4CCC5(CC(C)=C4C[C@@H]32)O[C@@H]2C[C@H](C)CN[C@H]2[C@H]5C)C1. The third-order valence-electron chi connectivity index (χ3n) is 11.6. The smallest absolute Gasteiger partial charge is 0.0765 e. The molecule has 0 bridgehead atoms. The number of ether oxygens (including phenoxy) is 1. The van der Waals surface area contributed by atoms with E-state index < -0.39 is 0 Å². The molecule has 2 saturated heterocycles. The molecule has 2 heteroatoms. The molecule has 2 aliphatic heterocycles. The number of fused-ring (bicyclic) bond motifs is 6. The van der Waals surface area contributed by atoms with Crippen molar-refractivity contribution in [2.24, 2.45) is 40.9 Å². The van der Waals surface area contributed by atoms with Crippen LogP contribution in [0, 0.1) is 40.9 Å². The molecule has 6 aliphatic rings. The minimum atomic E-state index is 0.0903. The Bertz CT molecular complexity index is 799. The number of allylic oxidation sites excluding steroid dienone is 2. The van der Waals surface area contributed by atoms with E-state index in [2.05, 4.69) is 39.6 Å². The molecule has 1 unspecified atom stereocenters. The largest absolute Gasteiger partial charge is 0.369 e. The van der Waals surface area contributed by atoms with E-state index in [0.29, 0.717) is 23.5 Å². The first-order valence-electron chi connectivity index (χ1n) is 13.6. The van der Waals surface area contributed by atoms with Gasteiger partial charge in [-0.3, -0.25) is 0 Å². The molecule has 0 aromatic carbocycles. The van der Waals surface area contributed by atoms with Crippen LogP contribution in [0.1, 0.15) is 91.9 Å². The molecule has 0 amide bonds. The summed E-state index contributed by atoms with van der Waals surface area (Å²) in [6.45, 7) is 15.6. The van der Waals surface area contributed by atoms with Gasteiger partial charge in [0.1, 0.15) is 0 Å². The van der Waals surface area contributed by atoms with Gasteiger partial charge in [0.2, 0.25) is 0 Å². The molecule has 1 N–H and O–H groups in total. The van der Waals surface area contributed by atoms with E-state index in [0.717, 1.165) is 29.6 Å². The number of piperidine rings is 1. The maximum Gasteiger partial charge on any atom is 0.0765 e. The molecule has 172 valence electrons. The Labute approximate surface area is 190 Å². The van der Waals surface area contributed by atoms with Crippen molar-refractivity contribution < 1.29 is 4.74 Å². The number of nitrogens with one attached hydrogen (secondary N) is 1. The summed E-state index contributed by atoms with van der Waals surface area (Å²) in [5, 5.41) is 3.87. The average Bonchev–Trinajstić information content (AvgIpc) is 3.19. The van der Waals surface area contributed by atoms with Crippen molar-refractivity contribution in [2.75, 3.05) is 6.54 Å². The first-order valence-corrected chi connectivity index (χ1v) is 13.6. The maximum atomic E-state index is 7.04. The quantitative estimate of drug-likeness (QED) is 0.439. The highest BCUT2D eigenvalue weighted by Gasteiger charge is 2.59.